The van der Waals surface area contributed by atoms with Crippen molar-refractivity contribution in [3.63, 3.8) is 0 Å². The number of morpholine rings is 1. The van der Waals surface area contributed by atoms with E-state index in [4.69, 9.17) is 9.47 Å². The predicted octanol–water partition coefficient (Wildman–Crippen LogP) is -0.763. The molecule has 1 aromatic rings. The van der Waals surface area contributed by atoms with Gasteiger partial charge in [-0.2, -0.15) is 0 Å². The van der Waals surface area contributed by atoms with Crippen molar-refractivity contribution >= 4 is 5.97 Å². The molecule has 5 nitrogen and oxygen atoms in total. The van der Waals surface area contributed by atoms with E-state index in [0.29, 0.717) is 24.3 Å². The number of hydrogen-bond acceptors (Lipinski definition) is 4. The Morgan fingerprint density at radius 2 is 1.89 bits per heavy atom. The fourth-order valence-electron chi connectivity index (χ4n) is 5.23. The van der Waals surface area contributed by atoms with E-state index >= 15 is 0 Å². The number of carbonyl (C=O) groups is 1. The second kappa shape index (κ2) is 8.35. The SMILES string of the molecule is CCCC[N+]1(C)[C@@H]2CC(OC(=O)[C@H](CO)c3ccccc3)C[C@H]1[C@@H]1O[C@@H]12.[I-]. The van der Waals surface area contributed by atoms with E-state index < -0.39 is 5.92 Å². The molecule has 3 aliphatic heterocycles. The van der Waals surface area contributed by atoms with Crippen LogP contribution in [0.15, 0.2) is 30.3 Å². The number of quaternary nitrogens is 1. The molecule has 3 fully saturated rings. The van der Waals surface area contributed by atoms with Crippen LogP contribution in [0.5, 0.6) is 0 Å². The normalized spacial score (nSPS) is 37.1. The third-order valence-corrected chi connectivity index (χ3v) is 6.79. The van der Waals surface area contributed by atoms with Gasteiger partial charge >= 0.3 is 5.97 Å². The van der Waals surface area contributed by atoms with Crippen LogP contribution >= 0.6 is 0 Å². The highest BCUT2D eigenvalue weighted by Gasteiger charge is 2.71. The van der Waals surface area contributed by atoms with Crippen molar-refractivity contribution in [2.45, 2.75) is 68.9 Å². The Morgan fingerprint density at radius 3 is 2.44 bits per heavy atom. The molecule has 7 atom stereocenters. The number of piperidine rings is 1. The first-order valence-corrected chi connectivity index (χ1v) is 9.95. The molecule has 27 heavy (non-hydrogen) atoms. The Hall–Kier alpha value is -0.700. The molecule has 0 spiro atoms. The molecule has 3 saturated heterocycles. The summed E-state index contributed by atoms with van der Waals surface area (Å²) in [7, 11) is 2.36. The fourth-order valence-corrected chi connectivity index (χ4v) is 5.23. The zero-order valence-electron chi connectivity index (χ0n) is 16.1. The number of likely N-dealkylation sites (N-methyl/N-ethyl adjacent to an activating group) is 1. The number of halogens is 1. The summed E-state index contributed by atoms with van der Waals surface area (Å²) < 4.78 is 12.9. The molecule has 0 amide bonds. The van der Waals surface area contributed by atoms with Crippen molar-refractivity contribution in [3.8, 4) is 0 Å². The first kappa shape index (κ1) is 21.0. The van der Waals surface area contributed by atoms with Crippen molar-refractivity contribution in [1.29, 1.82) is 0 Å². The molecule has 4 rings (SSSR count). The Balaban J connectivity index is 0.00000210. The van der Waals surface area contributed by atoms with Crippen molar-refractivity contribution in [3.05, 3.63) is 35.9 Å². The number of benzene rings is 1. The molecular formula is C21H30INO4. The van der Waals surface area contributed by atoms with Crippen molar-refractivity contribution in [1.82, 2.24) is 0 Å². The summed E-state index contributed by atoms with van der Waals surface area (Å²) in [4.78, 5) is 12.7. The highest BCUT2D eigenvalue weighted by molar-refractivity contribution is 5.78. The van der Waals surface area contributed by atoms with Gasteiger partial charge in [0.15, 0.2) is 0 Å². The highest BCUT2D eigenvalue weighted by Crippen LogP contribution is 2.52. The second-order valence-corrected chi connectivity index (χ2v) is 8.30. The molecule has 3 heterocycles. The van der Waals surface area contributed by atoms with Gasteiger partial charge < -0.3 is 43.0 Å². The standard InChI is InChI=1S/C21H30NO4.HI/c1-3-4-10-22(2)17-11-15(12-18(22)20-19(17)26-20)25-21(24)16(13-23)14-8-6-5-7-9-14;/h5-9,15-20,23H,3-4,10-13H2,1-2H3;1H/q+1;/p-1/t15?,16-,17-,18+,19-,20+,22?;/m1./s1. The molecule has 1 aromatic carbocycles. The van der Waals surface area contributed by atoms with Crippen LogP contribution in [0.2, 0.25) is 0 Å². The number of ether oxygens (including phenoxy) is 2. The lowest BCUT2D eigenvalue weighted by atomic mass is 9.94. The first-order chi connectivity index (χ1) is 12.6. The number of nitrogens with zero attached hydrogens (tertiary/aromatic N) is 1. The van der Waals surface area contributed by atoms with Gasteiger partial charge in [0.2, 0.25) is 0 Å². The number of fused-ring (bicyclic) bond motifs is 5. The number of rotatable bonds is 7. The van der Waals surface area contributed by atoms with Crippen LogP contribution in [0, 0.1) is 0 Å². The van der Waals surface area contributed by atoms with E-state index in [2.05, 4.69) is 14.0 Å². The summed E-state index contributed by atoms with van der Waals surface area (Å²) in [5.74, 6) is -0.898. The van der Waals surface area contributed by atoms with E-state index in [1.807, 2.05) is 30.3 Å². The molecule has 0 saturated carbocycles. The maximum atomic E-state index is 12.7. The zero-order chi connectivity index (χ0) is 18.3. The quantitative estimate of drug-likeness (QED) is 0.238. The van der Waals surface area contributed by atoms with Crippen molar-refractivity contribution in [2.75, 3.05) is 20.2 Å². The summed E-state index contributed by atoms with van der Waals surface area (Å²) in [5.41, 5.74) is 0.813. The fraction of sp³-hybridized carbons (Fsp3) is 0.667. The summed E-state index contributed by atoms with van der Waals surface area (Å²) in [5, 5.41) is 9.70. The van der Waals surface area contributed by atoms with Gasteiger partial charge in [0.05, 0.1) is 20.2 Å². The molecule has 0 aliphatic carbocycles. The Labute approximate surface area is 178 Å². The van der Waals surface area contributed by atoms with Gasteiger partial charge in [0.25, 0.3) is 0 Å². The number of epoxide rings is 1. The Bertz CT molecular complexity index is 637. The van der Waals surface area contributed by atoms with E-state index in [1.54, 1.807) is 0 Å². The van der Waals surface area contributed by atoms with Gasteiger partial charge in [-0.05, 0) is 12.0 Å². The average Bonchev–Trinajstić information content (AvgIpc) is 3.40. The first-order valence-electron chi connectivity index (χ1n) is 9.95. The van der Waals surface area contributed by atoms with Crippen molar-refractivity contribution in [2.24, 2.45) is 0 Å². The van der Waals surface area contributed by atoms with Crippen LogP contribution in [0.25, 0.3) is 0 Å². The molecule has 2 unspecified atom stereocenters. The number of aliphatic hydroxyl groups is 1. The van der Waals surface area contributed by atoms with Gasteiger partial charge in [-0.1, -0.05) is 43.7 Å². The Kier molecular flexibility index (Phi) is 6.50. The maximum absolute atomic E-state index is 12.7. The van der Waals surface area contributed by atoms with E-state index in [9.17, 15) is 9.90 Å². The van der Waals surface area contributed by atoms with Crippen LogP contribution in [0.4, 0.5) is 0 Å². The van der Waals surface area contributed by atoms with Crippen molar-refractivity contribution < 1.29 is 47.8 Å². The summed E-state index contributed by atoms with van der Waals surface area (Å²) in [6.45, 7) is 3.20. The molecule has 0 radical (unpaired) electrons. The Morgan fingerprint density at radius 1 is 1.26 bits per heavy atom. The van der Waals surface area contributed by atoms with E-state index in [0.717, 1.165) is 22.9 Å². The monoisotopic (exact) mass is 487 g/mol. The lowest BCUT2D eigenvalue weighted by molar-refractivity contribution is -0.956. The minimum atomic E-state index is -0.595. The third-order valence-electron chi connectivity index (χ3n) is 6.79. The van der Waals surface area contributed by atoms with Gasteiger partial charge in [0.1, 0.15) is 36.3 Å². The summed E-state index contributed by atoms with van der Waals surface area (Å²) in [6, 6.07) is 10.3. The predicted molar refractivity (Wildman–Crippen MR) is 97.6 cm³/mol. The topological polar surface area (TPSA) is 59.1 Å². The van der Waals surface area contributed by atoms with Crippen LogP contribution in [-0.4, -0.2) is 66.2 Å². The van der Waals surface area contributed by atoms with Gasteiger partial charge in [0, 0.05) is 12.8 Å². The summed E-state index contributed by atoms with van der Waals surface area (Å²) >= 11 is 0. The van der Waals surface area contributed by atoms with Gasteiger partial charge in [-0.3, -0.25) is 4.79 Å². The number of unbranched alkanes of at least 4 members (excludes halogenated alkanes) is 1. The number of aliphatic hydroxyl groups excluding tert-OH is 1. The van der Waals surface area contributed by atoms with Gasteiger partial charge in [-0.15, -0.1) is 0 Å². The minimum absolute atomic E-state index is 0. The molecule has 0 aromatic heterocycles. The molecule has 6 heteroatoms. The minimum Gasteiger partial charge on any atom is -1.00 e. The molecular weight excluding hydrogens is 457 g/mol. The maximum Gasteiger partial charge on any atom is 0.316 e. The lowest BCUT2D eigenvalue weighted by Gasteiger charge is -2.48. The zero-order valence-corrected chi connectivity index (χ0v) is 18.2. The molecule has 2 bridgehead atoms. The smallest absolute Gasteiger partial charge is 0.316 e. The van der Waals surface area contributed by atoms with E-state index in [1.165, 1.54) is 19.4 Å². The summed E-state index contributed by atoms with van der Waals surface area (Å²) in [6.07, 6.45) is 4.83. The van der Waals surface area contributed by atoms with Crippen LogP contribution in [-0.2, 0) is 14.3 Å². The molecule has 1 N–H and O–H groups in total. The number of esters is 1. The third kappa shape index (κ3) is 3.78. The lowest BCUT2D eigenvalue weighted by Crippen LogP contribution is -3.00. The van der Waals surface area contributed by atoms with Crippen LogP contribution < -0.4 is 24.0 Å². The number of carbonyl (C=O) groups excluding carboxylic acids is 1. The highest BCUT2D eigenvalue weighted by atomic mass is 127. The largest absolute Gasteiger partial charge is 1.00 e. The molecule has 3 aliphatic rings. The van der Waals surface area contributed by atoms with Crippen LogP contribution in [0.1, 0.15) is 44.1 Å². The van der Waals surface area contributed by atoms with E-state index in [-0.39, 0.29) is 42.7 Å². The van der Waals surface area contributed by atoms with Crippen LogP contribution in [0.3, 0.4) is 0 Å². The average molecular weight is 487 g/mol. The molecule has 150 valence electrons. The van der Waals surface area contributed by atoms with Gasteiger partial charge in [-0.25, -0.2) is 0 Å². The second-order valence-electron chi connectivity index (χ2n) is 8.30. The number of hydrogen-bond donors (Lipinski definition) is 1.